The maximum atomic E-state index is 8.71. The first-order valence-electron chi connectivity index (χ1n) is 4.04. The van der Waals surface area contributed by atoms with Gasteiger partial charge in [-0.1, -0.05) is 5.16 Å². The Labute approximate surface area is 80.3 Å². The highest BCUT2D eigenvalue weighted by Crippen LogP contribution is 2.20. The van der Waals surface area contributed by atoms with Crippen molar-refractivity contribution in [2.24, 2.45) is 5.16 Å². The molecule has 68 valence electrons. The second-order valence-electron chi connectivity index (χ2n) is 2.91. The molecule has 0 aliphatic heterocycles. The summed E-state index contributed by atoms with van der Waals surface area (Å²) in [5, 5.41) is 12.1. The lowest BCUT2D eigenvalue weighted by molar-refractivity contribution is 0.317. The van der Waals surface area contributed by atoms with E-state index >= 15 is 0 Å². The van der Waals surface area contributed by atoms with Gasteiger partial charge in [0, 0.05) is 6.20 Å². The molecular weight excluding hydrogens is 190 g/mol. The Kier molecular flexibility index (Phi) is 2.14. The molecule has 0 fully saturated rings. The number of nitrogens with zero attached hydrogens (tertiary/aromatic N) is 3. The molecule has 5 heteroatoms. The van der Waals surface area contributed by atoms with Gasteiger partial charge in [0.1, 0.15) is 5.71 Å². The van der Waals surface area contributed by atoms with Crippen molar-refractivity contribution in [3.05, 3.63) is 22.7 Å². The smallest absolute Gasteiger partial charge is 0.222 e. The van der Waals surface area contributed by atoms with Gasteiger partial charge in [0.05, 0.1) is 5.69 Å². The Hall–Kier alpha value is -1.16. The van der Waals surface area contributed by atoms with Crippen LogP contribution in [0.5, 0.6) is 0 Å². The molecule has 0 atom stereocenters. The van der Waals surface area contributed by atoms with E-state index in [1.807, 2.05) is 0 Å². The van der Waals surface area contributed by atoms with E-state index in [2.05, 4.69) is 15.1 Å². The fraction of sp³-hybridized carbons (Fsp3) is 0.375. The molecule has 4 nitrogen and oxygen atoms in total. The van der Waals surface area contributed by atoms with Crippen molar-refractivity contribution in [1.29, 1.82) is 0 Å². The summed E-state index contributed by atoms with van der Waals surface area (Å²) in [6, 6.07) is 0. The van der Waals surface area contributed by atoms with E-state index in [-0.39, 0.29) is 5.28 Å². The highest BCUT2D eigenvalue weighted by molar-refractivity contribution is 6.28. The molecule has 0 bridgehead atoms. The van der Waals surface area contributed by atoms with Crippen LogP contribution in [0, 0.1) is 0 Å². The molecule has 1 aromatic heterocycles. The standard InChI is InChI=1S/C8H8ClN3O/c9-8-10-4-5-2-1-3-6(12-13)7(5)11-8/h4,13H,1-3H2/b12-6-. The van der Waals surface area contributed by atoms with E-state index in [4.69, 9.17) is 16.8 Å². The van der Waals surface area contributed by atoms with Crippen LogP contribution in [0.1, 0.15) is 24.1 Å². The molecule has 0 saturated heterocycles. The van der Waals surface area contributed by atoms with E-state index in [1.165, 1.54) is 0 Å². The summed E-state index contributed by atoms with van der Waals surface area (Å²) in [6.07, 6.45) is 4.33. The van der Waals surface area contributed by atoms with Gasteiger partial charge in [-0.2, -0.15) is 0 Å². The zero-order valence-electron chi connectivity index (χ0n) is 6.87. The first kappa shape index (κ1) is 8.44. The first-order valence-corrected chi connectivity index (χ1v) is 4.42. The molecule has 0 saturated carbocycles. The summed E-state index contributed by atoms with van der Waals surface area (Å²) < 4.78 is 0. The summed E-state index contributed by atoms with van der Waals surface area (Å²) in [6.45, 7) is 0. The Bertz CT molecular complexity index is 364. The van der Waals surface area contributed by atoms with Gasteiger partial charge in [0.2, 0.25) is 5.28 Å². The predicted molar refractivity (Wildman–Crippen MR) is 48.3 cm³/mol. The van der Waals surface area contributed by atoms with Crippen LogP contribution in [0.4, 0.5) is 0 Å². The van der Waals surface area contributed by atoms with Crippen LogP contribution in [-0.2, 0) is 6.42 Å². The van der Waals surface area contributed by atoms with Crippen molar-refractivity contribution in [3.8, 4) is 0 Å². The molecule has 0 spiro atoms. The minimum absolute atomic E-state index is 0.196. The van der Waals surface area contributed by atoms with Gasteiger partial charge in [0.25, 0.3) is 0 Å². The maximum Gasteiger partial charge on any atom is 0.222 e. The molecule has 2 rings (SSSR count). The summed E-state index contributed by atoms with van der Waals surface area (Å²) in [5.41, 5.74) is 2.29. The SMILES string of the molecule is O/N=C1/CCCc2cnc(Cl)nc21. The topological polar surface area (TPSA) is 58.4 Å². The Morgan fingerprint density at radius 3 is 3.08 bits per heavy atom. The molecule has 0 aromatic carbocycles. The Balaban J connectivity index is 2.54. The number of aromatic nitrogens is 2. The molecule has 0 radical (unpaired) electrons. The normalized spacial score (nSPS) is 18.7. The van der Waals surface area contributed by atoms with Crippen LogP contribution in [0.25, 0.3) is 0 Å². The third kappa shape index (κ3) is 1.49. The fourth-order valence-corrected chi connectivity index (χ4v) is 1.61. The van der Waals surface area contributed by atoms with E-state index in [1.54, 1.807) is 6.20 Å². The number of fused-ring (bicyclic) bond motifs is 1. The summed E-state index contributed by atoms with van der Waals surface area (Å²) in [5.74, 6) is 0. The van der Waals surface area contributed by atoms with Gasteiger partial charge in [-0.05, 0) is 36.4 Å². The average Bonchev–Trinajstić information content (AvgIpc) is 2.17. The molecule has 0 amide bonds. The summed E-state index contributed by atoms with van der Waals surface area (Å²) in [7, 11) is 0. The van der Waals surface area contributed by atoms with E-state index in [0.29, 0.717) is 11.4 Å². The van der Waals surface area contributed by atoms with Crippen LogP contribution in [-0.4, -0.2) is 20.9 Å². The molecule has 0 unspecified atom stereocenters. The second-order valence-corrected chi connectivity index (χ2v) is 3.25. The molecule has 1 aliphatic carbocycles. The largest absolute Gasteiger partial charge is 0.411 e. The fourth-order valence-electron chi connectivity index (χ4n) is 1.48. The third-order valence-corrected chi connectivity index (χ3v) is 2.27. The lowest BCUT2D eigenvalue weighted by Crippen LogP contribution is -2.14. The number of halogens is 1. The van der Waals surface area contributed by atoms with Crippen molar-refractivity contribution in [2.45, 2.75) is 19.3 Å². The molecule has 1 aromatic rings. The Morgan fingerprint density at radius 2 is 2.31 bits per heavy atom. The van der Waals surface area contributed by atoms with Crippen LogP contribution >= 0.6 is 11.6 Å². The second kappa shape index (κ2) is 3.30. The number of oxime groups is 1. The number of aryl methyl sites for hydroxylation is 1. The summed E-state index contributed by atoms with van der Waals surface area (Å²) >= 11 is 5.64. The predicted octanol–water partition coefficient (Wildman–Crippen LogP) is 1.64. The van der Waals surface area contributed by atoms with Crippen LogP contribution in [0.3, 0.4) is 0 Å². The van der Waals surface area contributed by atoms with Crippen LogP contribution in [0.15, 0.2) is 11.4 Å². The third-order valence-electron chi connectivity index (χ3n) is 2.09. The van der Waals surface area contributed by atoms with Gasteiger partial charge in [-0.3, -0.25) is 0 Å². The molecule has 1 heterocycles. The lowest BCUT2D eigenvalue weighted by Gasteiger charge is -2.14. The van der Waals surface area contributed by atoms with Crippen molar-refractivity contribution in [2.75, 3.05) is 0 Å². The molecule has 1 aliphatic rings. The van der Waals surface area contributed by atoms with Gasteiger partial charge in [-0.25, -0.2) is 9.97 Å². The Morgan fingerprint density at radius 1 is 1.46 bits per heavy atom. The lowest BCUT2D eigenvalue weighted by atomic mass is 9.96. The molecule has 13 heavy (non-hydrogen) atoms. The highest BCUT2D eigenvalue weighted by Gasteiger charge is 2.18. The number of hydrogen-bond acceptors (Lipinski definition) is 4. The average molecular weight is 198 g/mol. The zero-order chi connectivity index (χ0) is 9.26. The zero-order valence-corrected chi connectivity index (χ0v) is 7.62. The monoisotopic (exact) mass is 197 g/mol. The van der Waals surface area contributed by atoms with Crippen LogP contribution in [0.2, 0.25) is 5.28 Å². The minimum atomic E-state index is 0.196. The van der Waals surface area contributed by atoms with Crippen molar-refractivity contribution < 1.29 is 5.21 Å². The summed E-state index contributed by atoms with van der Waals surface area (Å²) in [4.78, 5) is 7.91. The maximum absolute atomic E-state index is 8.71. The van der Waals surface area contributed by atoms with Crippen molar-refractivity contribution >= 4 is 17.3 Å². The molecule has 1 N–H and O–H groups in total. The molecular formula is C8H8ClN3O. The van der Waals surface area contributed by atoms with Crippen molar-refractivity contribution in [1.82, 2.24) is 9.97 Å². The quantitative estimate of drug-likeness (QED) is 0.391. The highest BCUT2D eigenvalue weighted by atomic mass is 35.5. The van der Waals surface area contributed by atoms with Gasteiger partial charge in [-0.15, -0.1) is 0 Å². The number of rotatable bonds is 0. The van der Waals surface area contributed by atoms with Gasteiger partial charge >= 0.3 is 0 Å². The van der Waals surface area contributed by atoms with E-state index in [0.717, 1.165) is 24.8 Å². The van der Waals surface area contributed by atoms with Gasteiger partial charge in [0.15, 0.2) is 0 Å². The van der Waals surface area contributed by atoms with Crippen LogP contribution < -0.4 is 0 Å². The van der Waals surface area contributed by atoms with Crippen molar-refractivity contribution in [3.63, 3.8) is 0 Å². The first-order chi connectivity index (χ1) is 6.31. The number of hydrogen-bond donors (Lipinski definition) is 1. The van der Waals surface area contributed by atoms with E-state index < -0.39 is 0 Å². The minimum Gasteiger partial charge on any atom is -0.411 e. The van der Waals surface area contributed by atoms with E-state index in [9.17, 15) is 0 Å². The van der Waals surface area contributed by atoms with Gasteiger partial charge < -0.3 is 5.21 Å².